The molecular weight excluding hydrogens is 572 g/mol. The molecule has 4 N–H and O–H groups in total. The van der Waals surface area contributed by atoms with Crippen LogP contribution in [-0.4, -0.2) is 57.3 Å². The Morgan fingerprint density at radius 3 is 2.20 bits per heavy atom. The summed E-state index contributed by atoms with van der Waals surface area (Å²) >= 11 is 0. The van der Waals surface area contributed by atoms with Crippen LogP contribution < -0.4 is 15.4 Å². The summed E-state index contributed by atoms with van der Waals surface area (Å²) in [5.74, 6) is -1.73. The molecule has 218 valence electrons. The minimum atomic E-state index is -6.09. The van der Waals surface area contributed by atoms with Crippen molar-refractivity contribution in [1.29, 1.82) is 0 Å². The van der Waals surface area contributed by atoms with Crippen molar-refractivity contribution in [1.82, 2.24) is 10.0 Å². The van der Waals surface area contributed by atoms with Gasteiger partial charge in [-0.05, 0) is 55.3 Å². The topological polar surface area (TPSA) is 134 Å². The number of hydrogen-bond donors (Lipinski definition) is 4. The maximum Gasteiger partial charge on any atom is 0.430 e. The van der Waals surface area contributed by atoms with Crippen LogP contribution >= 0.6 is 0 Å². The number of rotatable bonds is 7. The molecule has 0 spiro atoms. The predicted octanol–water partition coefficient (Wildman–Crippen LogP) is 2.59. The number of alkyl halides is 6. The molecule has 2 aromatic rings. The van der Waals surface area contributed by atoms with Crippen LogP contribution in [0.25, 0.3) is 0 Å². The van der Waals surface area contributed by atoms with Gasteiger partial charge < -0.3 is 15.2 Å². The Labute approximate surface area is 223 Å². The SMILES string of the molecule is CNS(=O)(=O)c1ccc2c(c1)CNC2(C(=O)Nc1ccc(C(O)(C(F)(F)F)C(F)(F)F)cc1)C(=O)[C@H]1CCCO1. The lowest BCUT2D eigenvalue weighted by molar-refractivity contribution is -0.376. The molecular formula is C24H23F6N3O6S. The molecule has 40 heavy (non-hydrogen) atoms. The van der Waals surface area contributed by atoms with E-state index in [9.17, 15) is 49.5 Å². The van der Waals surface area contributed by atoms with E-state index in [1.807, 2.05) is 0 Å². The van der Waals surface area contributed by atoms with Gasteiger partial charge in [-0.15, -0.1) is 0 Å². The monoisotopic (exact) mass is 595 g/mol. The van der Waals surface area contributed by atoms with Crippen LogP contribution in [0.4, 0.5) is 32.0 Å². The number of aliphatic hydroxyl groups is 1. The quantitative estimate of drug-likeness (QED) is 0.286. The summed E-state index contributed by atoms with van der Waals surface area (Å²) in [4.78, 5) is 27.2. The highest BCUT2D eigenvalue weighted by Crippen LogP contribution is 2.50. The van der Waals surface area contributed by atoms with Crippen molar-refractivity contribution in [3.63, 3.8) is 0 Å². The van der Waals surface area contributed by atoms with Crippen LogP contribution in [0.5, 0.6) is 0 Å². The third-order valence-corrected chi connectivity index (χ3v) is 8.33. The number of fused-ring (bicyclic) bond motifs is 1. The minimum Gasteiger partial charge on any atom is -0.370 e. The van der Waals surface area contributed by atoms with Crippen LogP contribution in [0.1, 0.15) is 29.5 Å². The van der Waals surface area contributed by atoms with Gasteiger partial charge in [0, 0.05) is 24.4 Å². The number of benzene rings is 2. The number of halogens is 6. The van der Waals surface area contributed by atoms with Gasteiger partial charge in [0.15, 0.2) is 11.3 Å². The molecule has 1 fully saturated rings. The van der Waals surface area contributed by atoms with Gasteiger partial charge in [0.1, 0.15) is 6.10 Å². The van der Waals surface area contributed by atoms with Crippen LogP contribution in [0.3, 0.4) is 0 Å². The molecule has 2 aromatic carbocycles. The first kappa shape index (κ1) is 29.9. The number of carbonyl (C=O) groups excluding carboxylic acids is 2. The lowest BCUT2D eigenvalue weighted by Gasteiger charge is -2.33. The molecule has 1 unspecified atom stereocenters. The number of anilines is 1. The molecule has 4 rings (SSSR count). The zero-order valence-electron chi connectivity index (χ0n) is 20.6. The number of nitrogens with one attached hydrogen (secondary N) is 3. The van der Waals surface area contributed by atoms with E-state index >= 15 is 0 Å². The largest absolute Gasteiger partial charge is 0.430 e. The Bertz CT molecular complexity index is 1410. The van der Waals surface area contributed by atoms with Crippen LogP contribution in [-0.2, 0) is 42.0 Å². The molecule has 9 nitrogen and oxygen atoms in total. The smallest absolute Gasteiger partial charge is 0.370 e. The second kappa shape index (κ2) is 10.1. The van der Waals surface area contributed by atoms with E-state index in [4.69, 9.17) is 4.74 Å². The molecule has 16 heteroatoms. The summed E-state index contributed by atoms with van der Waals surface area (Å²) in [6.07, 6.45) is -12.4. The Hall–Kier alpha value is -3.05. The zero-order chi connectivity index (χ0) is 29.7. The van der Waals surface area contributed by atoms with Crippen molar-refractivity contribution >= 4 is 27.4 Å². The van der Waals surface area contributed by atoms with Crippen LogP contribution in [0.15, 0.2) is 47.4 Å². The second-order valence-corrected chi connectivity index (χ2v) is 11.1. The van der Waals surface area contributed by atoms with Crippen molar-refractivity contribution in [3.05, 3.63) is 59.2 Å². The first-order valence-electron chi connectivity index (χ1n) is 11.7. The fourth-order valence-electron chi connectivity index (χ4n) is 4.76. The summed E-state index contributed by atoms with van der Waals surface area (Å²) in [7, 11) is -2.66. The van der Waals surface area contributed by atoms with E-state index in [0.29, 0.717) is 30.5 Å². The van der Waals surface area contributed by atoms with Crippen molar-refractivity contribution < 1.29 is 54.2 Å². The highest BCUT2D eigenvalue weighted by Gasteiger charge is 2.71. The lowest BCUT2D eigenvalue weighted by Crippen LogP contribution is -2.57. The first-order chi connectivity index (χ1) is 18.5. The van der Waals surface area contributed by atoms with E-state index in [1.165, 1.54) is 25.2 Å². The summed E-state index contributed by atoms with van der Waals surface area (Å²) in [6, 6.07) is 5.90. The maximum absolute atomic E-state index is 13.6. The summed E-state index contributed by atoms with van der Waals surface area (Å²) in [5, 5.41) is 14.7. The highest BCUT2D eigenvalue weighted by atomic mass is 32.2. The summed E-state index contributed by atoms with van der Waals surface area (Å²) in [5.41, 5.74) is -8.65. The van der Waals surface area contributed by atoms with E-state index in [2.05, 4.69) is 15.4 Å². The zero-order valence-corrected chi connectivity index (χ0v) is 21.4. The minimum absolute atomic E-state index is 0.112. The molecule has 1 amide bonds. The van der Waals surface area contributed by atoms with Crippen LogP contribution in [0.2, 0.25) is 0 Å². The van der Waals surface area contributed by atoms with Gasteiger partial charge in [0.05, 0.1) is 4.90 Å². The third-order valence-electron chi connectivity index (χ3n) is 6.92. The fourth-order valence-corrected chi connectivity index (χ4v) is 5.54. The van der Waals surface area contributed by atoms with Crippen molar-refractivity contribution in [3.8, 4) is 0 Å². The van der Waals surface area contributed by atoms with Crippen molar-refractivity contribution in [2.24, 2.45) is 0 Å². The van der Waals surface area contributed by atoms with Gasteiger partial charge in [-0.3, -0.25) is 14.9 Å². The van der Waals surface area contributed by atoms with Crippen molar-refractivity contribution in [2.45, 2.75) is 53.9 Å². The fraction of sp³-hybridized carbons (Fsp3) is 0.417. The number of ether oxygens (including phenoxy) is 1. The number of amides is 1. The van der Waals surface area contributed by atoms with Gasteiger partial charge in [0.25, 0.3) is 11.5 Å². The van der Waals surface area contributed by atoms with E-state index < -0.39 is 56.9 Å². The Balaban J connectivity index is 1.72. The molecule has 2 heterocycles. The van der Waals surface area contributed by atoms with Gasteiger partial charge in [0.2, 0.25) is 10.0 Å². The molecule has 0 saturated carbocycles. The first-order valence-corrected chi connectivity index (χ1v) is 13.2. The van der Waals surface area contributed by atoms with E-state index in [0.717, 1.165) is 12.1 Å². The second-order valence-electron chi connectivity index (χ2n) is 9.23. The summed E-state index contributed by atoms with van der Waals surface area (Å²) < 4.78 is 111. The van der Waals surface area contributed by atoms with E-state index in [1.54, 1.807) is 0 Å². The molecule has 1 saturated heterocycles. The number of sulfonamides is 1. The lowest BCUT2D eigenvalue weighted by atomic mass is 9.82. The Morgan fingerprint density at radius 1 is 1.05 bits per heavy atom. The number of ketones is 1. The van der Waals surface area contributed by atoms with Gasteiger partial charge in [-0.1, -0.05) is 18.2 Å². The maximum atomic E-state index is 13.6. The number of Topliss-reactive ketones (excluding diaryl/α,β-unsaturated/α-hetero) is 1. The van der Waals surface area contributed by atoms with E-state index in [-0.39, 0.29) is 29.3 Å². The molecule has 2 aliphatic rings. The molecule has 0 radical (unpaired) electrons. The predicted molar refractivity (Wildman–Crippen MR) is 126 cm³/mol. The number of carbonyl (C=O) groups is 2. The average Bonchev–Trinajstić information content (AvgIpc) is 3.56. The molecule has 2 atom stereocenters. The van der Waals surface area contributed by atoms with Gasteiger partial charge >= 0.3 is 12.4 Å². The Morgan fingerprint density at radius 2 is 1.68 bits per heavy atom. The summed E-state index contributed by atoms with van der Waals surface area (Å²) in [6.45, 7) is 0.139. The number of hydrogen-bond acceptors (Lipinski definition) is 7. The highest BCUT2D eigenvalue weighted by molar-refractivity contribution is 7.89. The molecule has 2 aliphatic heterocycles. The third kappa shape index (κ3) is 4.76. The van der Waals surface area contributed by atoms with Gasteiger partial charge in [-0.25, -0.2) is 13.1 Å². The van der Waals surface area contributed by atoms with Crippen molar-refractivity contribution in [2.75, 3.05) is 19.0 Å². The van der Waals surface area contributed by atoms with Crippen LogP contribution in [0, 0.1) is 0 Å². The molecule has 0 aromatic heterocycles. The Kier molecular flexibility index (Phi) is 7.55. The average molecular weight is 596 g/mol. The van der Waals surface area contributed by atoms with Gasteiger partial charge in [-0.2, -0.15) is 26.3 Å². The standard InChI is InChI=1S/C24H23F6N3O6S/c1-31-40(37,38)16-8-9-17-13(11-16)12-32-21(17,19(34)18-3-2-10-39-18)20(35)33-15-6-4-14(5-7-15)22(36,23(25,26)27)24(28,29)30/h4-9,11,18,31-32,36H,2-3,10,12H2,1H3,(H,33,35)/t18-,21?/m1/s1. The molecule has 0 aliphatic carbocycles. The normalized spacial score (nSPS) is 21.8. The molecule has 0 bridgehead atoms.